The van der Waals surface area contributed by atoms with Crippen LogP contribution in [0.3, 0.4) is 0 Å². The van der Waals surface area contributed by atoms with Gasteiger partial charge in [0.15, 0.2) is 0 Å². The summed E-state index contributed by atoms with van der Waals surface area (Å²) in [5.74, 6) is -0.396. The SMILES string of the molecule is COc1ccc(F)c(NC(=O)c2cc(S)cs2)c1. The number of amides is 1. The van der Waals surface area contributed by atoms with Crippen molar-refractivity contribution in [3.05, 3.63) is 40.3 Å². The van der Waals surface area contributed by atoms with Gasteiger partial charge in [-0.05, 0) is 18.2 Å². The molecule has 1 aromatic heterocycles. The Bertz CT molecular complexity index is 583. The number of hydrogen-bond donors (Lipinski definition) is 2. The molecule has 0 aliphatic rings. The highest BCUT2D eigenvalue weighted by Crippen LogP contribution is 2.23. The normalized spacial score (nSPS) is 10.2. The summed E-state index contributed by atoms with van der Waals surface area (Å²) in [4.78, 5) is 13.0. The maximum Gasteiger partial charge on any atom is 0.265 e. The Hall–Kier alpha value is -1.53. The monoisotopic (exact) mass is 283 g/mol. The molecule has 0 aliphatic carbocycles. The molecule has 0 saturated heterocycles. The number of carbonyl (C=O) groups is 1. The first kappa shape index (κ1) is 12.9. The molecule has 0 aliphatic heterocycles. The van der Waals surface area contributed by atoms with E-state index in [1.807, 2.05) is 0 Å². The van der Waals surface area contributed by atoms with Crippen LogP contribution in [0.25, 0.3) is 0 Å². The first-order chi connectivity index (χ1) is 8.60. The minimum absolute atomic E-state index is 0.0912. The highest BCUT2D eigenvalue weighted by atomic mass is 32.1. The van der Waals surface area contributed by atoms with Crippen molar-refractivity contribution in [1.82, 2.24) is 0 Å². The zero-order valence-corrected chi connectivity index (χ0v) is 11.1. The van der Waals surface area contributed by atoms with Gasteiger partial charge in [-0.25, -0.2) is 4.39 Å². The molecule has 18 heavy (non-hydrogen) atoms. The van der Waals surface area contributed by atoms with Crippen molar-refractivity contribution in [2.75, 3.05) is 12.4 Å². The third-order valence-corrected chi connectivity index (χ3v) is 3.59. The summed E-state index contributed by atoms with van der Waals surface area (Å²) in [7, 11) is 1.48. The molecule has 6 heteroatoms. The van der Waals surface area contributed by atoms with Gasteiger partial charge in [0.05, 0.1) is 17.7 Å². The van der Waals surface area contributed by atoms with Crippen LogP contribution in [0.2, 0.25) is 0 Å². The van der Waals surface area contributed by atoms with Crippen LogP contribution in [-0.4, -0.2) is 13.0 Å². The van der Waals surface area contributed by atoms with Crippen LogP contribution in [0, 0.1) is 5.82 Å². The molecular weight excluding hydrogens is 273 g/mol. The van der Waals surface area contributed by atoms with Gasteiger partial charge in [-0.1, -0.05) is 0 Å². The van der Waals surface area contributed by atoms with Gasteiger partial charge in [-0.2, -0.15) is 0 Å². The number of thiol groups is 1. The van der Waals surface area contributed by atoms with Crippen molar-refractivity contribution in [2.24, 2.45) is 0 Å². The largest absolute Gasteiger partial charge is 0.497 e. The number of benzene rings is 1. The zero-order chi connectivity index (χ0) is 13.1. The fraction of sp³-hybridized carbons (Fsp3) is 0.0833. The number of anilines is 1. The molecule has 1 heterocycles. The number of nitrogens with one attached hydrogen (secondary N) is 1. The Morgan fingerprint density at radius 2 is 2.22 bits per heavy atom. The second-order valence-electron chi connectivity index (χ2n) is 3.47. The average molecular weight is 283 g/mol. The summed E-state index contributed by atoms with van der Waals surface area (Å²) in [5.41, 5.74) is 0.0912. The molecule has 0 fully saturated rings. The Labute approximate surface area is 113 Å². The molecule has 3 nitrogen and oxygen atoms in total. The van der Waals surface area contributed by atoms with Crippen molar-refractivity contribution in [3.63, 3.8) is 0 Å². The lowest BCUT2D eigenvalue weighted by molar-refractivity contribution is 0.103. The zero-order valence-electron chi connectivity index (χ0n) is 9.44. The van der Waals surface area contributed by atoms with Crippen molar-refractivity contribution >= 4 is 35.6 Å². The summed E-state index contributed by atoms with van der Waals surface area (Å²) in [6.45, 7) is 0. The Morgan fingerprint density at radius 3 is 2.83 bits per heavy atom. The summed E-state index contributed by atoms with van der Waals surface area (Å²) in [6, 6.07) is 5.79. The van der Waals surface area contributed by atoms with Crippen LogP contribution in [0.5, 0.6) is 5.75 Å². The van der Waals surface area contributed by atoms with E-state index in [0.29, 0.717) is 15.5 Å². The molecule has 1 amide bonds. The van der Waals surface area contributed by atoms with Crippen LogP contribution in [0.1, 0.15) is 9.67 Å². The molecule has 0 atom stereocenters. The van der Waals surface area contributed by atoms with E-state index < -0.39 is 5.82 Å². The minimum Gasteiger partial charge on any atom is -0.497 e. The minimum atomic E-state index is -0.508. The fourth-order valence-corrected chi connectivity index (χ4v) is 2.40. The molecule has 0 spiro atoms. The smallest absolute Gasteiger partial charge is 0.265 e. The Kier molecular flexibility index (Phi) is 3.88. The van der Waals surface area contributed by atoms with Crippen molar-refractivity contribution in [1.29, 1.82) is 0 Å². The Balaban J connectivity index is 2.21. The van der Waals surface area contributed by atoms with Gasteiger partial charge < -0.3 is 10.1 Å². The van der Waals surface area contributed by atoms with Crippen molar-refractivity contribution in [3.8, 4) is 5.75 Å². The van der Waals surface area contributed by atoms with Crippen LogP contribution in [0.15, 0.2) is 34.5 Å². The Morgan fingerprint density at radius 1 is 1.44 bits per heavy atom. The van der Waals surface area contributed by atoms with Gasteiger partial charge in [-0.15, -0.1) is 24.0 Å². The molecule has 0 radical (unpaired) electrons. The van der Waals surface area contributed by atoms with E-state index in [1.165, 1.54) is 36.6 Å². The molecule has 2 rings (SSSR count). The lowest BCUT2D eigenvalue weighted by Gasteiger charge is -2.07. The van der Waals surface area contributed by atoms with E-state index in [2.05, 4.69) is 17.9 Å². The molecule has 2 aromatic rings. The quantitative estimate of drug-likeness (QED) is 0.847. The molecule has 94 valence electrons. The molecule has 0 bridgehead atoms. The number of rotatable bonds is 3. The summed E-state index contributed by atoms with van der Waals surface area (Å²) in [6.07, 6.45) is 0. The third-order valence-electron chi connectivity index (χ3n) is 2.23. The molecule has 0 saturated carbocycles. The van der Waals surface area contributed by atoms with E-state index >= 15 is 0 Å². The fourth-order valence-electron chi connectivity index (χ4n) is 1.36. The predicted octanol–water partition coefficient (Wildman–Crippen LogP) is 3.44. The molecule has 1 aromatic carbocycles. The van der Waals surface area contributed by atoms with E-state index in [-0.39, 0.29) is 11.6 Å². The lowest BCUT2D eigenvalue weighted by atomic mass is 10.2. The average Bonchev–Trinajstić information content (AvgIpc) is 2.79. The van der Waals surface area contributed by atoms with Gasteiger partial charge in [-0.3, -0.25) is 4.79 Å². The van der Waals surface area contributed by atoms with Gasteiger partial charge in [0, 0.05) is 16.3 Å². The number of thiophene rings is 1. The van der Waals surface area contributed by atoms with Crippen molar-refractivity contribution < 1.29 is 13.9 Å². The van der Waals surface area contributed by atoms with E-state index in [1.54, 1.807) is 11.4 Å². The summed E-state index contributed by atoms with van der Waals surface area (Å²) >= 11 is 5.36. The highest BCUT2D eigenvalue weighted by molar-refractivity contribution is 7.80. The van der Waals surface area contributed by atoms with Crippen LogP contribution in [0.4, 0.5) is 10.1 Å². The van der Waals surface area contributed by atoms with Crippen LogP contribution in [-0.2, 0) is 0 Å². The standard InChI is InChI=1S/C12H10FNO2S2/c1-16-7-2-3-9(13)10(4-7)14-12(15)11-5-8(17)6-18-11/h2-6,17H,1H3,(H,14,15). The first-order valence-corrected chi connectivity index (χ1v) is 6.35. The van der Waals surface area contributed by atoms with E-state index in [0.717, 1.165) is 0 Å². The van der Waals surface area contributed by atoms with Gasteiger partial charge in [0.2, 0.25) is 0 Å². The predicted molar refractivity (Wildman–Crippen MR) is 72.5 cm³/mol. The van der Waals surface area contributed by atoms with Crippen LogP contribution < -0.4 is 10.1 Å². The second kappa shape index (κ2) is 5.41. The lowest BCUT2D eigenvalue weighted by Crippen LogP contribution is -2.11. The van der Waals surface area contributed by atoms with Crippen molar-refractivity contribution in [2.45, 2.75) is 4.90 Å². The number of carbonyl (C=O) groups excluding carboxylic acids is 1. The summed E-state index contributed by atoms with van der Waals surface area (Å²) < 4.78 is 18.5. The topological polar surface area (TPSA) is 38.3 Å². The number of halogens is 1. The number of methoxy groups -OCH3 is 1. The molecule has 1 N–H and O–H groups in total. The van der Waals surface area contributed by atoms with Gasteiger partial charge in [0.25, 0.3) is 5.91 Å². The maximum absolute atomic E-state index is 13.5. The molecular formula is C12H10FNO2S2. The van der Waals surface area contributed by atoms with E-state index in [9.17, 15) is 9.18 Å². The van der Waals surface area contributed by atoms with Crippen LogP contribution >= 0.6 is 24.0 Å². The van der Waals surface area contributed by atoms with E-state index in [4.69, 9.17) is 4.74 Å². The summed E-state index contributed by atoms with van der Waals surface area (Å²) in [5, 5.41) is 4.23. The van der Waals surface area contributed by atoms with Gasteiger partial charge in [0.1, 0.15) is 11.6 Å². The second-order valence-corrected chi connectivity index (χ2v) is 4.90. The number of ether oxygens (including phenoxy) is 1. The molecule has 0 unspecified atom stereocenters. The maximum atomic E-state index is 13.5. The third kappa shape index (κ3) is 2.83. The highest BCUT2D eigenvalue weighted by Gasteiger charge is 2.12. The van der Waals surface area contributed by atoms with Gasteiger partial charge >= 0.3 is 0 Å². The number of hydrogen-bond acceptors (Lipinski definition) is 4. The first-order valence-electron chi connectivity index (χ1n) is 5.02.